The number of alkyl halides is 1. The summed E-state index contributed by atoms with van der Waals surface area (Å²) in [6, 6.07) is 7.18. The number of Topliss-reactive ketones (excluding diaryl/α,β-unsaturated/α-hetero) is 1. The molecular weight excluding hydrogens is 219 g/mol. The Bertz CT molecular complexity index is 267. The normalized spacial score (nSPS) is 8.86. The summed E-state index contributed by atoms with van der Waals surface area (Å²) in [5, 5.41) is 0.678. The van der Waals surface area contributed by atoms with E-state index in [2.05, 4.69) is 0 Å². The van der Waals surface area contributed by atoms with Crippen LogP contribution in [0.25, 0.3) is 0 Å². The SMILES string of the molecule is CC.O=C(CCl)Cc1ccc(Cl)cc1. The molecule has 78 valence electrons. The lowest BCUT2D eigenvalue weighted by Crippen LogP contribution is -2.03. The molecule has 0 saturated carbocycles. The maximum Gasteiger partial charge on any atom is 0.151 e. The van der Waals surface area contributed by atoms with Crippen LogP contribution in [0.1, 0.15) is 19.4 Å². The minimum atomic E-state index is 0.0268. The Morgan fingerprint density at radius 2 is 1.71 bits per heavy atom. The van der Waals surface area contributed by atoms with E-state index in [1.807, 2.05) is 26.0 Å². The molecule has 3 heteroatoms. The van der Waals surface area contributed by atoms with Crippen LogP contribution in [-0.4, -0.2) is 11.7 Å². The Morgan fingerprint density at radius 1 is 1.21 bits per heavy atom. The van der Waals surface area contributed by atoms with Crippen LogP contribution in [0.3, 0.4) is 0 Å². The lowest BCUT2D eigenvalue weighted by molar-refractivity contribution is -0.116. The molecule has 0 aliphatic heterocycles. The summed E-state index contributed by atoms with van der Waals surface area (Å²) in [6.45, 7) is 4.00. The lowest BCUT2D eigenvalue weighted by atomic mass is 10.1. The number of benzene rings is 1. The van der Waals surface area contributed by atoms with Crippen molar-refractivity contribution in [1.82, 2.24) is 0 Å². The zero-order valence-corrected chi connectivity index (χ0v) is 9.90. The summed E-state index contributed by atoms with van der Waals surface area (Å²) < 4.78 is 0. The van der Waals surface area contributed by atoms with Gasteiger partial charge in [0, 0.05) is 11.4 Å². The maximum absolute atomic E-state index is 10.9. The largest absolute Gasteiger partial charge is 0.298 e. The number of hydrogen-bond acceptors (Lipinski definition) is 1. The fourth-order valence-electron chi connectivity index (χ4n) is 0.877. The van der Waals surface area contributed by atoms with Crippen molar-refractivity contribution in [2.75, 3.05) is 5.88 Å². The van der Waals surface area contributed by atoms with Gasteiger partial charge in [0.2, 0.25) is 0 Å². The van der Waals surface area contributed by atoms with Gasteiger partial charge >= 0.3 is 0 Å². The molecule has 14 heavy (non-hydrogen) atoms. The number of halogens is 2. The quantitative estimate of drug-likeness (QED) is 0.727. The van der Waals surface area contributed by atoms with Gasteiger partial charge in [-0.1, -0.05) is 37.6 Å². The highest BCUT2D eigenvalue weighted by Crippen LogP contribution is 2.10. The smallest absolute Gasteiger partial charge is 0.151 e. The third kappa shape index (κ3) is 5.25. The van der Waals surface area contributed by atoms with E-state index in [4.69, 9.17) is 23.2 Å². The third-order valence-electron chi connectivity index (χ3n) is 1.46. The van der Waals surface area contributed by atoms with Crippen LogP contribution >= 0.6 is 23.2 Å². The molecule has 0 spiro atoms. The van der Waals surface area contributed by atoms with E-state index in [1.165, 1.54) is 0 Å². The van der Waals surface area contributed by atoms with Crippen molar-refractivity contribution in [3.05, 3.63) is 34.9 Å². The minimum Gasteiger partial charge on any atom is -0.298 e. The van der Waals surface area contributed by atoms with Gasteiger partial charge in [-0.3, -0.25) is 4.79 Å². The molecule has 1 aromatic carbocycles. The second kappa shape index (κ2) is 7.84. The number of rotatable bonds is 3. The Balaban J connectivity index is 0.000000791. The predicted molar refractivity (Wildman–Crippen MR) is 62.2 cm³/mol. The predicted octanol–water partition coefficient (Wildman–Crippen LogP) is 3.72. The van der Waals surface area contributed by atoms with Gasteiger partial charge in [0.1, 0.15) is 0 Å². The summed E-state index contributed by atoms with van der Waals surface area (Å²) in [5.74, 6) is 0.0989. The Kier molecular flexibility index (Phi) is 7.54. The average Bonchev–Trinajstić information content (AvgIpc) is 2.24. The van der Waals surface area contributed by atoms with E-state index in [-0.39, 0.29) is 11.7 Å². The lowest BCUT2D eigenvalue weighted by Gasteiger charge is -1.97. The average molecular weight is 233 g/mol. The van der Waals surface area contributed by atoms with E-state index in [1.54, 1.807) is 12.1 Å². The third-order valence-corrected chi connectivity index (χ3v) is 2.01. The van der Waals surface area contributed by atoms with Gasteiger partial charge in [0.05, 0.1) is 5.88 Å². The molecule has 1 rings (SSSR count). The van der Waals surface area contributed by atoms with Crippen molar-refractivity contribution in [2.24, 2.45) is 0 Å². The van der Waals surface area contributed by atoms with Crippen LogP contribution in [0.2, 0.25) is 5.02 Å². The van der Waals surface area contributed by atoms with E-state index in [0.29, 0.717) is 11.4 Å². The molecule has 0 fully saturated rings. The van der Waals surface area contributed by atoms with Crippen molar-refractivity contribution in [3.8, 4) is 0 Å². The zero-order valence-electron chi connectivity index (χ0n) is 8.39. The molecular formula is C11H14Cl2O. The number of ketones is 1. The van der Waals surface area contributed by atoms with Crippen LogP contribution in [0.5, 0.6) is 0 Å². The summed E-state index contributed by atoms with van der Waals surface area (Å²) in [5.41, 5.74) is 0.949. The number of carbonyl (C=O) groups is 1. The molecule has 0 heterocycles. The summed E-state index contributed by atoms with van der Waals surface area (Å²) in [4.78, 5) is 10.9. The summed E-state index contributed by atoms with van der Waals surface area (Å²) in [6.07, 6.45) is 0.390. The topological polar surface area (TPSA) is 17.1 Å². The second-order valence-electron chi connectivity index (χ2n) is 2.48. The van der Waals surface area contributed by atoms with Gasteiger partial charge in [-0.15, -0.1) is 11.6 Å². The molecule has 0 radical (unpaired) electrons. The first-order chi connectivity index (χ1) is 6.72. The molecule has 1 aromatic rings. The van der Waals surface area contributed by atoms with Crippen LogP contribution in [0.4, 0.5) is 0 Å². The van der Waals surface area contributed by atoms with Crippen LogP contribution in [0.15, 0.2) is 24.3 Å². The van der Waals surface area contributed by atoms with Crippen LogP contribution in [-0.2, 0) is 11.2 Å². The van der Waals surface area contributed by atoms with E-state index >= 15 is 0 Å². The van der Waals surface area contributed by atoms with E-state index < -0.39 is 0 Å². The first-order valence-electron chi connectivity index (χ1n) is 4.54. The van der Waals surface area contributed by atoms with Crippen molar-refractivity contribution in [1.29, 1.82) is 0 Å². The van der Waals surface area contributed by atoms with Crippen LogP contribution < -0.4 is 0 Å². The molecule has 0 N–H and O–H groups in total. The van der Waals surface area contributed by atoms with Crippen molar-refractivity contribution in [2.45, 2.75) is 20.3 Å². The fourth-order valence-corrected chi connectivity index (χ4v) is 1.10. The van der Waals surface area contributed by atoms with Gasteiger partial charge in [-0.2, -0.15) is 0 Å². The standard InChI is InChI=1S/C9H8Cl2O.C2H6/c10-6-9(12)5-7-1-3-8(11)4-2-7;1-2/h1-4H,5-6H2;1-2H3. The Hall–Kier alpha value is -0.530. The van der Waals surface area contributed by atoms with Gasteiger partial charge in [-0.05, 0) is 17.7 Å². The van der Waals surface area contributed by atoms with Crippen LogP contribution in [0, 0.1) is 0 Å². The van der Waals surface area contributed by atoms with Gasteiger partial charge in [-0.25, -0.2) is 0 Å². The van der Waals surface area contributed by atoms with Gasteiger partial charge in [0.15, 0.2) is 5.78 Å². The fraction of sp³-hybridized carbons (Fsp3) is 0.364. The Labute approximate surface area is 95.0 Å². The van der Waals surface area contributed by atoms with Crippen molar-refractivity contribution >= 4 is 29.0 Å². The van der Waals surface area contributed by atoms with Gasteiger partial charge < -0.3 is 0 Å². The highest BCUT2D eigenvalue weighted by atomic mass is 35.5. The van der Waals surface area contributed by atoms with E-state index in [9.17, 15) is 4.79 Å². The number of carbonyl (C=O) groups excluding carboxylic acids is 1. The van der Waals surface area contributed by atoms with E-state index in [0.717, 1.165) is 5.56 Å². The summed E-state index contributed by atoms with van der Waals surface area (Å²) in [7, 11) is 0. The number of hydrogen-bond donors (Lipinski definition) is 0. The van der Waals surface area contributed by atoms with Crippen molar-refractivity contribution in [3.63, 3.8) is 0 Å². The molecule has 0 aliphatic rings. The molecule has 0 aliphatic carbocycles. The maximum atomic E-state index is 10.9. The molecule has 0 saturated heterocycles. The molecule has 0 unspecified atom stereocenters. The minimum absolute atomic E-state index is 0.0268. The highest BCUT2D eigenvalue weighted by molar-refractivity contribution is 6.30. The molecule has 0 bridgehead atoms. The van der Waals surface area contributed by atoms with Gasteiger partial charge in [0.25, 0.3) is 0 Å². The monoisotopic (exact) mass is 232 g/mol. The highest BCUT2D eigenvalue weighted by Gasteiger charge is 2.00. The van der Waals surface area contributed by atoms with Crippen molar-refractivity contribution < 1.29 is 4.79 Å². The second-order valence-corrected chi connectivity index (χ2v) is 3.18. The Morgan fingerprint density at radius 3 is 2.14 bits per heavy atom. The first-order valence-corrected chi connectivity index (χ1v) is 5.45. The molecule has 0 atom stereocenters. The molecule has 0 aromatic heterocycles. The first kappa shape index (κ1) is 13.5. The zero-order chi connectivity index (χ0) is 11.0. The summed E-state index contributed by atoms with van der Waals surface area (Å²) >= 11 is 11.0. The molecule has 1 nitrogen and oxygen atoms in total. The molecule has 0 amide bonds.